The summed E-state index contributed by atoms with van der Waals surface area (Å²) in [7, 11) is 0. The van der Waals surface area contributed by atoms with Crippen molar-refractivity contribution in [1.29, 1.82) is 0 Å². The fourth-order valence-electron chi connectivity index (χ4n) is 2.60. The monoisotopic (exact) mass is 247 g/mol. The first-order valence-electron chi connectivity index (χ1n) is 6.22. The number of nitrogens with two attached hydrogens (primary N) is 1. The highest BCUT2D eigenvalue weighted by molar-refractivity contribution is 7.22. The third-order valence-corrected chi connectivity index (χ3v) is 4.16. The van der Waals surface area contributed by atoms with E-state index >= 15 is 0 Å². The smallest absolute Gasteiger partial charge is 0.181 e. The summed E-state index contributed by atoms with van der Waals surface area (Å²) in [4.78, 5) is 6.87. The molecule has 2 N–H and O–H groups in total. The van der Waals surface area contributed by atoms with Crippen LogP contribution in [0.4, 0.5) is 10.8 Å². The predicted octanol–water partition coefficient (Wildman–Crippen LogP) is 3.04. The van der Waals surface area contributed by atoms with Gasteiger partial charge in [-0.1, -0.05) is 18.3 Å². The second kappa shape index (κ2) is 4.18. The summed E-state index contributed by atoms with van der Waals surface area (Å²) in [6.45, 7) is 4.54. The molecule has 0 radical (unpaired) electrons. The lowest BCUT2D eigenvalue weighted by Crippen LogP contribution is -2.29. The minimum Gasteiger partial charge on any atom is -0.375 e. The van der Waals surface area contributed by atoms with E-state index in [0.29, 0.717) is 5.13 Å². The van der Waals surface area contributed by atoms with Gasteiger partial charge in [0.25, 0.3) is 0 Å². The van der Waals surface area contributed by atoms with E-state index in [4.69, 9.17) is 5.73 Å². The quantitative estimate of drug-likeness (QED) is 0.887. The molecular formula is C13H17N3S. The second-order valence-electron chi connectivity index (χ2n) is 4.59. The van der Waals surface area contributed by atoms with E-state index in [1.807, 2.05) is 0 Å². The fraction of sp³-hybridized carbons (Fsp3) is 0.462. The van der Waals surface area contributed by atoms with Crippen LogP contribution in [0.1, 0.15) is 25.3 Å². The average molecular weight is 247 g/mol. The van der Waals surface area contributed by atoms with Gasteiger partial charge in [-0.25, -0.2) is 4.98 Å². The predicted molar refractivity (Wildman–Crippen MR) is 74.9 cm³/mol. The van der Waals surface area contributed by atoms with E-state index in [1.54, 1.807) is 11.3 Å². The molecule has 1 aliphatic rings. The van der Waals surface area contributed by atoms with Crippen molar-refractivity contribution in [2.24, 2.45) is 0 Å². The van der Waals surface area contributed by atoms with Gasteiger partial charge in [-0.05, 0) is 37.0 Å². The Labute approximate surface area is 105 Å². The number of hydrogen-bond acceptors (Lipinski definition) is 4. The minimum atomic E-state index is 0.671. The van der Waals surface area contributed by atoms with E-state index in [2.05, 4.69) is 28.9 Å². The van der Waals surface area contributed by atoms with Crippen molar-refractivity contribution >= 4 is 32.4 Å². The molecule has 0 saturated heterocycles. The highest BCUT2D eigenvalue weighted by atomic mass is 32.1. The number of nitrogen functional groups attached to an aromatic ring is 1. The maximum Gasteiger partial charge on any atom is 0.181 e. The molecule has 0 atom stereocenters. The molecule has 0 saturated carbocycles. The van der Waals surface area contributed by atoms with E-state index in [1.165, 1.54) is 41.8 Å². The van der Waals surface area contributed by atoms with Crippen molar-refractivity contribution < 1.29 is 0 Å². The van der Waals surface area contributed by atoms with Gasteiger partial charge in [0.05, 0.1) is 10.2 Å². The summed E-state index contributed by atoms with van der Waals surface area (Å²) in [6, 6.07) is 4.49. The van der Waals surface area contributed by atoms with Crippen molar-refractivity contribution in [1.82, 2.24) is 4.98 Å². The molecule has 3 rings (SSSR count). The Morgan fingerprint density at radius 2 is 2.35 bits per heavy atom. The van der Waals surface area contributed by atoms with Crippen LogP contribution in [0.2, 0.25) is 0 Å². The Hall–Kier alpha value is -1.29. The SMILES string of the molecule is CCCN1CCCc2cc3sc(N)nc3cc21. The van der Waals surface area contributed by atoms with E-state index < -0.39 is 0 Å². The number of fused-ring (bicyclic) bond motifs is 2. The van der Waals surface area contributed by atoms with Crippen LogP contribution in [-0.4, -0.2) is 18.1 Å². The number of nitrogens with zero attached hydrogens (tertiary/aromatic N) is 2. The number of hydrogen-bond donors (Lipinski definition) is 1. The molecule has 2 heterocycles. The average Bonchev–Trinajstić information content (AvgIpc) is 2.66. The molecule has 0 bridgehead atoms. The molecule has 17 heavy (non-hydrogen) atoms. The van der Waals surface area contributed by atoms with Crippen LogP contribution in [0.3, 0.4) is 0 Å². The summed E-state index contributed by atoms with van der Waals surface area (Å²) < 4.78 is 1.22. The number of rotatable bonds is 2. The highest BCUT2D eigenvalue weighted by Gasteiger charge is 2.17. The highest BCUT2D eigenvalue weighted by Crippen LogP contribution is 2.34. The summed E-state index contributed by atoms with van der Waals surface area (Å²) in [5, 5.41) is 0.671. The van der Waals surface area contributed by atoms with E-state index in [-0.39, 0.29) is 0 Å². The molecule has 0 fully saturated rings. The van der Waals surface area contributed by atoms with Crippen molar-refractivity contribution in [3.05, 3.63) is 17.7 Å². The Morgan fingerprint density at radius 3 is 3.18 bits per heavy atom. The van der Waals surface area contributed by atoms with Gasteiger partial charge in [0.1, 0.15) is 0 Å². The minimum absolute atomic E-state index is 0.671. The molecule has 3 nitrogen and oxygen atoms in total. The normalized spacial score (nSPS) is 15.2. The largest absolute Gasteiger partial charge is 0.375 e. The first-order chi connectivity index (χ1) is 8.28. The van der Waals surface area contributed by atoms with Gasteiger partial charge in [-0.15, -0.1) is 0 Å². The van der Waals surface area contributed by atoms with E-state index in [9.17, 15) is 0 Å². The Kier molecular flexibility index (Phi) is 2.67. The third kappa shape index (κ3) is 1.86. The first kappa shape index (κ1) is 10.8. The maximum absolute atomic E-state index is 5.78. The van der Waals surface area contributed by atoms with Gasteiger partial charge in [0, 0.05) is 18.8 Å². The van der Waals surface area contributed by atoms with Gasteiger partial charge < -0.3 is 10.6 Å². The fourth-order valence-corrected chi connectivity index (χ4v) is 3.38. The zero-order valence-electron chi connectivity index (χ0n) is 10.1. The van der Waals surface area contributed by atoms with Gasteiger partial charge in [-0.3, -0.25) is 0 Å². The number of thiazole rings is 1. The van der Waals surface area contributed by atoms with Crippen LogP contribution in [0.25, 0.3) is 10.2 Å². The summed E-state index contributed by atoms with van der Waals surface area (Å²) in [5.74, 6) is 0. The molecule has 0 spiro atoms. The Balaban J connectivity index is 2.11. The molecule has 1 aromatic carbocycles. The van der Waals surface area contributed by atoms with Crippen LogP contribution in [-0.2, 0) is 6.42 Å². The number of aromatic nitrogens is 1. The standard InChI is InChI=1S/C13H17N3S/c1-2-5-16-6-3-4-9-7-12-10(8-11(9)16)15-13(14)17-12/h7-8H,2-6H2,1H3,(H2,14,15). The molecule has 0 unspecified atom stereocenters. The number of benzene rings is 1. The van der Waals surface area contributed by atoms with Crippen molar-refractivity contribution in [2.75, 3.05) is 23.7 Å². The molecule has 0 amide bonds. The molecular weight excluding hydrogens is 230 g/mol. The first-order valence-corrected chi connectivity index (χ1v) is 7.03. The number of anilines is 2. The van der Waals surface area contributed by atoms with Crippen molar-refractivity contribution in [3.63, 3.8) is 0 Å². The third-order valence-electron chi connectivity index (χ3n) is 3.31. The van der Waals surface area contributed by atoms with Crippen LogP contribution in [0.5, 0.6) is 0 Å². The molecule has 90 valence electrons. The van der Waals surface area contributed by atoms with Gasteiger partial charge >= 0.3 is 0 Å². The summed E-state index contributed by atoms with van der Waals surface area (Å²) >= 11 is 1.59. The topological polar surface area (TPSA) is 42.1 Å². The molecule has 4 heteroatoms. The molecule has 1 aromatic heterocycles. The van der Waals surface area contributed by atoms with Gasteiger partial charge in [0.2, 0.25) is 0 Å². The van der Waals surface area contributed by atoms with Crippen LogP contribution in [0.15, 0.2) is 12.1 Å². The lowest BCUT2D eigenvalue weighted by Gasteiger charge is -2.31. The second-order valence-corrected chi connectivity index (χ2v) is 5.65. The van der Waals surface area contributed by atoms with Crippen molar-refractivity contribution in [2.45, 2.75) is 26.2 Å². The lowest BCUT2D eigenvalue weighted by atomic mass is 10.0. The molecule has 1 aliphatic heterocycles. The van der Waals surface area contributed by atoms with Gasteiger partial charge in [0.15, 0.2) is 5.13 Å². The Morgan fingerprint density at radius 1 is 1.47 bits per heavy atom. The maximum atomic E-state index is 5.78. The van der Waals surface area contributed by atoms with Crippen molar-refractivity contribution in [3.8, 4) is 0 Å². The van der Waals surface area contributed by atoms with Gasteiger partial charge in [-0.2, -0.15) is 0 Å². The molecule has 0 aliphatic carbocycles. The van der Waals surface area contributed by atoms with Crippen LogP contribution in [0, 0.1) is 0 Å². The van der Waals surface area contributed by atoms with Crippen LogP contribution >= 0.6 is 11.3 Å². The van der Waals surface area contributed by atoms with Crippen LogP contribution < -0.4 is 10.6 Å². The lowest BCUT2D eigenvalue weighted by molar-refractivity contribution is 0.682. The summed E-state index contributed by atoms with van der Waals surface area (Å²) in [6.07, 6.45) is 3.63. The summed E-state index contributed by atoms with van der Waals surface area (Å²) in [5.41, 5.74) is 9.66. The zero-order chi connectivity index (χ0) is 11.8. The molecule has 2 aromatic rings. The zero-order valence-corrected chi connectivity index (χ0v) is 10.9. The van der Waals surface area contributed by atoms with E-state index in [0.717, 1.165) is 12.1 Å². The Bertz CT molecular complexity index is 547. The number of aryl methyl sites for hydroxylation is 1.